The molecule has 0 saturated heterocycles. The number of fused-ring (bicyclic) bond motifs is 1. The van der Waals surface area contributed by atoms with Gasteiger partial charge in [0.1, 0.15) is 12.1 Å². The number of benzene rings is 3. The third kappa shape index (κ3) is 7.37. The van der Waals surface area contributed by atoms with Crippen LogP contribution < -0.4 is 16.0 Å². The fraction of sp³-hybridized carbons (Fsp3) is 0.300. The minimum Gasteiger partial charge on any atom is -0.456 e. The summed E-state index contributed by atoms with van der Waals surface area (Å²) in [6.07, 6.45) is 3.20. The highest BCUT2D eigenvalue weighted by molar-refractivity contribution is 7.98. The molecule has 2 atom stereocenters. The number of nitrogens with zero attached hydrogens (tertiary/aromatic N) is 1. The molecular weight excluding hydrogens is 569 g/mol. The number of nitrogens with two attached hydrogens (primary N) is 1. The van der Waals surface area contributed by atoms with Gasteiger partial charge in [-0.3, -0.25) is 14.4 Å². The molecule has 0 fully saturated rings. The lowest BCUT2D eigenvalue weighted by atomic mass is 10.0. The second-order valence-corrected chi connectivity index (χ2v) is 10.8. The summed E-state index contributed by atoms with van der Waals surface area (Å²) >= 11 is 8.19. The van der Waals surface area contributed by atoms with Crippen molar-refractivity contribution in [3.63, 3.8) is 0 Å². The van der Waals surface area contributed by atoms with E-state index in [-0.39, 0.29) is 29.2 Å². The number of halogens is 2. The van der Waals surface area contributed by atoms with Gasteiger partial charge in [-0.15, -0.1) is 12.4 Å². The first-order valence-electron chi connectivity index (χ1n) is 12.8. The highest BCUT2D eigenvalue weighted by atomic mass is 35.5. The van der Waals surface area contributed by atoms with E-state index in [1.807, 2.05) is 49.6 Å². The number of aryl methyl sites for hydroxylation is 1. The molecule has 3 aromatic carbocycles. The quantitative estimate of drug-likeness (QED) is 0.288. The second kappa shape index (κ2) is 14.6. The molecule has 0 aromatic heterocycles. The van der Waals surface area contributed by atoms with E-state index >= 15 is 0 Å². The molecule has 3 aromatic rings. The van der Waals surface area contributed by atoms with Crippen LogP contribution in [0.25, 0.3) is 0 Å². The molecule has 1 heterocycles. The highest BCUT2D eigenvalue weighted by Crippen LogP contribution is 2.37. The van der Waals surface area contributed by atoms with E-state index in [1.54, 1.807) is 47.0 Å². The lowest BCUT2D eigenvalue weighted by molar-refractivity contribution is -0.151. The van der Waals surface area contributed by atoms with Gasteiger partial charge in [0.2, 0.25) is 0 Å². The van der Waals surface area contributed by atoms with E-state index in [4.69, 9.17) is 22.1 Å². The Kier molecular flexibility index (Phi) is 11.5. The zero-order chi connectivity index (χ0) is 27.9. The standard InChI is InChI=1S/C30H32ClN3O4S.ClH/c1-19-8-3-4-9-21(19)28(35)33-20-13-14-22(24(31)18-20)29(36)34-16-7-12-27(23-10-5-6-11-26(23)34)38-30(37)25(32)15-17-39-2;/h3-6,8-11,13-14,18,25,27H,7,12,15-17,32H2,1-2H3,(H,33,35);1H/t25-,27?;/m0./s1. The number of ether oxygens (including phenoxy) is 1. The number of carbonyl (C=O) groups is 3. The number of thioether (sulfide) groups is 1. The Hall–Kier alpha value is -3.04. The van der Waals surface area contributed by atoms with Crippen molar-refractivity contribution < 1.29 is 19.1 Å². The zero-order valence-corrected chi connectivity index (χ0v) is 24.8. The Bertz CT molecular complexity index is 1370. The molecule has 0 spiro atoms. The fourth-order valence-corrected chi connectivity index (χ4v) is 5.33. The van der Waals surface area contributed by atoms with Gasteiger partial charge in [-0.2, -0.15) is 11.8 Å². The lowest BCUT2D eigenvalue weighted by Crippen LogP contribution is -2.34. The van der Waals surface area contributed by atoms with Gasteiger partial charge in [-0.05, 0) is 74.1 Å². The van der Waals surface area contributed by atoms with E-state index in [0.29, 0.717) is 48.3 Å². The highest BCUT2D eigenvalue weighted by Gasteiger charge is 2.31. The van der Waals surface area contributed by atoms with Gasteiger partial charge < -0.3 is 20.7 Å². The summed E-state index contributed by atoms with van der Waals surface area (Å²) in [4.78, 5) is 40.8. The number of hydrogen-bond donors (Lipinski definition) is 2. The van der Waals surface area contributed by atoms with E-state index in [1.165, 1.54) is 0 Å². The van der Waals surface area contributed by atoms with Crippen LogP contribution in [0.15, 0.2) is 66.7 Å². The summed E-state index contributed by atoms with van der Waals surface area (Å²) < 4.78 is 5.83. The van der Waals surface area contributed by atoms with Gasteiger partial charge in [-0.25, -0.2) is 0 Å². The maximum absolute atomic E-state index is 13.7. The van der Waals surface area contributed by atoms with Crippen molar-refractivity contribution in [2.45, 2.75) is 38.3 Å². The Labute approximate surface area is 250 Å². The molecule has 0 aliphatic carbocycles. The molecular formula is C30H33Cl2N3O4S. The minimum absolute atomic E-state index is 0. The fourth-order valence-electron chi connectivity index (χ4n) is 4.58. The molecule has 1 unspecified atom stereocenters. The van der Waals surface area contributed by atoms with Gasteiger partial charge in [0, 0.05) is 23.4 Å². The van der Waals surface area contributed by atoms with Crippen LogP contribution in [0.2, 0.25) is 5.02 Å². The van der Waals surface area contributed by atoms with Crippen molar-refractivity contribution in [1.29, 1.82) is 0 Å². The topological polar surface area (TPSA) is 102 Å². The van der Waals surface area contributed by atoms with Crippen LogP contribution in [0, 0.1) is 6.92 Å². The van der Waals surface area contributed by atoms with Gasteiger partial charge in [0.25, 0.3) is 11.8 Å². The van der Waals surface area contributed by atoms with Crippen molar-refractivity contribution in [2.75, 3.05) is 28.8 Å². The first-order chi connectivity index (χ1) is 18.8. The molecule has 10 heteroatoms. The third-order valence-electron chi connectivity index (χ3n) is 6.71. The number of hydrogen-bond acceptors (Lipinski definition) is 6. The summed E-state index contributed by atoms with van der Waals surface area (Å²) in [5, 5.41) is 3.08. The molecule has 1 aliphatic heterocycles. The molecule has 3 N–H and O–H groups in total. The number of rotatable bonds is 8. The van der Waals surface area contributed by atoms with E-state index < -0.39 is 18.1 Å². The van der Waals surface area contributed by atoms with Crippen LogP contribution in [0.4, 0.5) is 11.4 Å². The number of para-hydroxylation sites is 1. The maximum atomic E-state index is 13.7. The van der Waals surface area contributed by atoms with Crippen LogP contribution in [0.5, 0.6) is 0 Å². The van der Waals surface area contributed by atoms with Gasteiger partial charge in [0.05, 0.1) is 16.3 Å². The SMILES string of the molecule is CSCC[C@H](N)C(=O)OC1CCCN(C(=O)c2ccc(NC(=O)c3ccccc3C)cc2Cl)c2ccccc21.Cl. The zero-order valence-electron chi connectivity index (χ0n) is 22.4. The maximum Gasteiger partial charge on any atom is 0.323 e. The van der Waals surface area contributed by atoms with Gasteiger partial charge in [-0.1, -0.05) is 48.0 Å². The van der Waals surface area contributed by atoms with Gasteiger partial charge in [0.15, 0.2) is 0 Å². The molecule has 40 heavy (non-hydrogen) atoms. The second-order valence-electron chi connectivity index (χ2n) is 9.44. The summed E-state index contributed by atoms with van der Waals surface area (Å²) in [7, 11) is 0. The Morgan fingerprint density at radius 3 is 2.55 bits per heavy atom. The summed E-state index contributed by atoms with van der Waals surface area (Å²) in [5.41, 5.74) is 9.69. The van der Waals surface area contributed by atoms with Crippen LogP contribution in [-0.2, 0) is 9.53 Å². The number of amides is 2. The molecule has 7 nitrogen and oxygen atoms in total. The molecule has 212 valence electrons. The van der Waals surface area contributed by atoms with Crippen molar-refractivity contribution in [2.24, 2.45) is 5.73 Å². The van der Waals surface area contributed by atoms with Crippen molar-refractivity contribution in [3.05, 3.63) is 94.0 Å². The summed E-state index contributed by atoms with van der Waals surface area (Å²) in [6, 6.07) is 18.9. The number of anilines is 2. The molecule has 0 bridgehead atoms. The Balaban J connectivity index is 0.00000441. The molecule has 0 saturated carbocycles. The minimum atomic E-state index is -0.686. The monoisotopic (exact) mass is 601 g/mol. The third-order valence-corrected chi connectivity index (χ3v) is 7.67. The van der Waals surface area contributed by atoms with E-state index in [2.05, 4.69) is 5.32 Å². The van der Waals surface area contributed by atoms with Crippen molar-refractivity contribution >= 4 is 64.9 Å². The Morgan fingerprint density at radius 2 is 1.82 bits per heavy atom. The van der Waals surface area contributed by atoms with Crippen LogP contribution in [-0.4, -0.2) is 42.4 Å². The average Bonchev–Trinajstić information content (AvgIpc) is 3.11. The predicted molar refractivity (Wildman–Crippen MR) is 165 cm³/mol. The normalized spacial score (nSPS) is 15.2. The van der Waals surface area contributed by atoms with E-state index in [0.717, 1.165) is 16.9 Å². The largest absolute Gasteiger partial charge is 0.456 e. The average molecular weight is 603 g/mol. The first-order valence-corrected chi connectivity index (χ1v) is 14.6. The van der Waals surface area contributed by atoms with Gasteiger partial charge >= 0.3 is 5.97 Å². The molecule has 0 radical (unpaired) electrons. The number of esters is 1. The predicted octanol–water partition coefficient (Wildman–Crippen LogP) is 6.43. The molecule has 4 rings (SSSR count). The van der Waals surface area contributed by atoms with Crippen LogP contribution in [0.3, 0.4) is 0 Å². The number of nitrogens with one attached hydrogen (secondary N) is 1. The lowest BCUT2D eigenvalue weighted by Gasteiger charge is -2.25. The Morgan fingerprint density at radius 1 is 1.10 bits per heavy atom. The van der Waals surface area contributed by atoms with Crippen LogP contribution in [0.1, 0.15) is 57.2 Å². The summed E-state index contributed by atoms with van der Waals surface area (Å²) in [6.45, 7) is 2.30. The molecule has 2 amide bonds. The number of carbonyl (C=O) groups excluding carboxylic acids is 3. The molecule has 1 aliphatic rings. The van der Waals surface area contributed by atoms with Crippen LogP contribution >= 0.6 is 35.8 Å². The van der Waals surface area contributed by atoms with Crippen molar-refractivity contribution in [1.82, 2.24) is 0 Å². The van der Waals surface area contributed by atoms with Crippen molar-refractivity contribution in [3.8, 4) is 0 Å². The van der Waals surface area contributed by atoms with E-state index in [9.17, 15) is 14.4 Å². The first kappa shape index (κ1) is 31.5. The smallest absolute Gasteiger partial charge is 0.323 e. The summed E-state index contributed by atoms with van der Waals surface area (Å²) in [5.74, 6) is -0.184.